The summed E-state index contributed by atoms with van der Waals surface area (Å²) in [6, 6.07) is 24.6. The van der Waals surface area contributed by atoms with E-state index in [0.717, 1.165) is 20.8 Å². The normalized spacial score (nSPS) is 16.2. The topological polar surface area (TPSA) is 72.6 Å². The number of allylic oxidation sites excluding steroid dienone is 3. The number of amides is 1. The van der Waals surface area contributed by atoms with Crippen LogP contribution < -0.4 is 5.73 Å². The Bertz CT molecular complexity index is 1540. The number of hydrogen-bond acceptors (Lipinski definition) is 4. The Hall–Kier alpha value is -3.09. The number of rotatable bonds is 14. The molecule has 2 atom stereocenters. The van der Waals surface area contributed by atoms with Crippen molar-refractivity contribution in [3.05, 3.63) is 128 Å². The van der Waals surface area contributed by atoms with E-state index in [4.69, 9.17) is 10.5 Å². The van der Waals surface area contributed by atoms with E-state index in [-0.39, 0.29) is 11.5 Å². The summed E-state index contributed by atoms with van der Waals surface area (Å²) in [4.78, 5) is 14.3. The summed E-state index contributed by atoms with van der Waals surface area (Å²) in [5.74, 6) is 0.0719. The predicted molar refractivity (Wildman–Crippen MR) is 185 cm³/mol. The van der Waals surface area contributed by atoms with E-state index in [0.29, 0.717) is 56.0 Å². The molecule has 1 aliphatic carbocycles. The van der Waals surface area contributed by atoms with Crippen LogP contribution >= 0.6 is 20.7 Å². The van der Waals surface area contributed by atoms with E-state index in [9.17, 15) is 22.2 Å². The average molecular weight is 751 g/mol. The van der Waals surface area contributed by atoms with Crippen LogP contribution in [0.1, 0.15) is 46.6 Å². The van der Waals surface area contributed by atoms with Crippen molar-refractivity contribution in [2.75, 3.05) is 26.0 Å². The Labute approximate surface area is 275 Å². The van der Waals surface area contributed by atoms with Gasteiger partial charge in [-0.2, -0.15) is 13.2 Å². The second kappa shape index (κ2) is 16.0. The first-order valence-electron chi connectivity index (χ1n) is 14.6. The third-order valence-corrected chi connectivity index (χ3v) is 10.9. The molecule has 45 heavy (non-hydrogen) atoms. The summed E-state index contributed by atoms with van der Waals surface area (Å²) in [6.45, 7) is 3.38. The van der Waals surface area contributed by atoms with Crippen molar-refractivity contribution in [1.82, 2.24) is 4.90 Å². The van der Waals surface area contributed by atoms with Crippen LogP contribution in [-0.2, 0) is 33.1 Å². The lowest BCUT2D eigenvalue weighted by molar-refractivity contribution is -0.138. The summed E-state index contributed by atoms with van der Waals surface area (Å²) >= 11 is -0.747. The van der Waals surface area contributed by atoms with E-state index in [1.54, 1.807) is 12.3 Å². The molecule has 3 aromatic carbocycles. The summed E-state index contributed by atoms with van der Waals surface area (Å²) in [5, 5.41) is -0.531. The fourth-order valence-electron chi connectivity index (χ4n) is 5.65. The minimum absolute atomic E-state index is 0.00154. The number of hydrogen-bond donors (Lipinski definition) is 1. The van der Waals surface area contributed by atoms with E-state index in [2.05, 4.69) is 33.7 Å². The highest BCUT2D eigenvalue weighted by molar-refractivity contribution is 14.2. The maximum absolute atomic E-state index is 13.8. The van der Waals surface area contributed by atoms with Gasteiger partial charge in [-0.1, -0.05) is 98.0 Å². The van der Waals surface area contributed by atoms with Crippen LogP contribution in [0.4, 0.5) is 13.2 Å². The monoisotopic (exact) mass is 750 g/mol. The van der Waals surface area contributed by atoms with Crippen LogP contribution in [0.2, 0.25) is 0 Å². The maximum Gasteiger partial charge on any atom is 0.416 e. The van der Waals surface area contributed by atoms with Gasteiger partial charge < -0.3 is 10.5 Å². The number of nitrogens with zero attached hydrogens (tertiary/aromatic N) is 1. The Kier molecular flexibility index (Phi) is 12.3. The lowest BCUT2D eigenvalue weighted by Crippen LogP contribution is -2.32. The minimum atomic E-state index is -4.43. The molecule has 4 rings (SSSR count). The lowest BCUT2D eigenvalue weighted by atomic mass is 9.90. The Balaban J connectivity index is 1.57. The fourth-order valence-corrected chi connectivity index (χ4v) is 8.45. The second-order valence-electron chi connectivity index (χ2n) is 11.0. The predicted octanol–water partition coefficient (Wildman–Crippen LogP) is 7.23. The number of carbonyl (C=O) groups is 1. The van der Waals surface area contributed by atoms with Crippen molar-refractivity contribution in [3.8, 4) is 0 Å². The maximum atomic E-state index is 13.8. The Morgan fingerprint density at radius 1 is 1.07 bits per heavy atom. The van der Waals surface area contributed by atoms with E-state index in [1.165, 1.54) is 13.0 Å². The van der Waals surface area contributed by atoms with Crippen LogP contribution in [-0.4, -0.2) is 50.7 Å². The molecular weight excluding hydrogens is 712 g/mol. The van der Waals surface area contributed by atoms with E-state index in [1.807, 2.05) is 42.5 Å². The molecular formula is C35H38F3IN2O3S. The van der Waals surface area contributed by atoms with Crippen molar-refractivity contribution in [1.29, 1.82) is 0 Å². The highest BCUT2D eigenvalue weighted by atomic mass is 127. The molecule has 0 saturated carbocycles. The zero-order valence-corrected chi connectivity index (χ0v) is 28.3. The van der Waals surface area contributed by atoms with Crippen molar-refractivity contribution < 1.29 is 26.9 Å². The van der Waals surface area contributed by atoms with Crippen molar-refractivity contribution in [2.24, 2.45) is 5.73 Å². The van der Waals surface area contributed by atoms with Crippen LogP contribution in [0, 0.1) is 6.92 Å². The van der Waals surface area contributed by atoms with Crippen LogP contribution in [0.5, 0.6) is 0 Å². The summed E-state index contributed by atoms with van der Waals surface area (Å²) < 4.78 is 64.6. The molecule has 240 valence electrons. The number of carbonyl (C=O) groups excluding carboxylic acids is 1. The molecule has 1 aliphatic rings. The molecule has 10 heteroatoms. The summed E-state index contributed by atoms with van der Waals surface area (Å²) in [6.07, 6.45) is -0.146. The number of benzene rings is 3. The zero-order valence-electron chi connectivity index (χ0n) is 25.4. The molecule has 0 fully saturated rings. The summed E-state index contributed by atoms with van der Waals surface area (Å²) in [7, 11) is -1.32. The number of nitrogens with two attached hydrogens (primary N) is 1. The van der Waals surface area contributed by atoms with Gasteiger partial charge in [0.15, 0.2) is 0 Å². The highest BCUT2D eigenvalue weighted by Crippen LogP contribution is 2.35. The SMILES string of the molecule is C=IC1=C(C(N)=O)C(S(C)=O)CC(OCCCN(Cc2cccc(C(F)(F)F)c2C)CC(c2ccccc2)c2ccccc2)=C1. The van der Waals surface area contributed by atoms with Gasteiger partial charge in [0.2, 0.25) is 5.91 Å². The minimum Gasteiger partial charge on any atom is -0.498 e. The van der Waals surface area contributed by atoms with Gasteiger partial charge in [-0.05, 0) is 47.7 Å². The van der Waals surface area contributed by atoms with Gasteiger partial charge in [-0.25, -0.2) is 0 Å². The number of primary amides is 1. The van der Waals surface area contributed by atoms with E-state index >= 15 is 0 Å². The van der Waals surface area contributed by atoms with Gasteiger partial charge in [0.05, 0.1) is 23.2 Å². The molecule has 2 unspecified atom stereocenters. The third kappa shape index (κ3) is 9.23. The molecule has 0 heterocycles. The molecule has 0 saturated heterocycles. The Morgan fingerprint density at radius 2 is 1.69 bits per heavy atom. The molecule has 1 amide bonds. The quantitative estimate of drug-likeness (QED) is 0.140. The smallest absolute Gasteiger partial charge is 0.416 e. The van der Waals surface area contributed by atoms with Gasteiger partial charge in [-0.3, -0.25) is 13.9 Å². The lowest BCUT2D eigenvalue weighted by Gasteiger charge is -2.30. The standard InChI is InChI=1S/C35H38F3IN2O3S/c1-24-27(16-10-17-30(24)35(36,37)38)22-41(23-29(25-12-6-4-7-13-25)26-14-8-5-9-15-26)18-11-19-44-28-20-31(39-2)33(34(40)42)32(21-28)45(3)43/h4-10,12-17,20,29,32H,2,11,18-19,21-23H2,1,3H3,(H2,40,42). The van der Waals surface area contributed by atoms with Crippen LogP contribution in [0.15, 0.2) is 99.9 Å². The van der Waals surface area contributed by atoms with Crippen LogP contribution in [0.25, 0.3) is 0 Å². The molecule has 0 bridgehead atoms. The van der Waals surface area contributed by atoms with Crippen molar-refractivity contribution in [3.63, 3.8) is 0 Å². The fraction of sp³-hybridized carbons (Fsp3) is 0.314. The first kappa shape index (κ1) is 34.8. The first-order valence-corrected chi connectivity index (χ1v) is 18.8. The Morgan fingerprint density at radius 3 is 2.22 bits per heavy atom. The van der Waals surface area contributed by atoms with Gasteiger partial charge in [0.1, 0.15) is 0 Å². The molecule has 2 N–H and O–H groups in total. The molecule has 0 spiro atoms. The van der Waals surface area contributed by atoms with Crippen molar-refractivity contribution >= 4 is 42.0 Å². The first-order chi connectivity index (χ1) is 21.5. The van der Waals surface area contributed by atoms with Gasteiger partial charge in [0, 0.05) is 58.2 Å². The highest BCUT2D eigenvalue weighted by Gasteiger charge is 2.33. The largest absolute Gasteiger partial charge is 0.498 e. The van der Waals surface area contributed by atoms with E-state index < -0.39 is 54.4 Å². The van der Waals surface area contributed by atoms with Crippen LogP contribution in [0.3, 0.4) is 0 Å². The second-order valence-corrected chi connectivity index (χ2v) is 14.5. The molecule has 3 aromatic rings. The van der Waals surface area contributed by atoms with Crippen molar-refractivity contribution in [2.45, 2.75) is 43.7 Å². The number of ether oxygens (including phenoxy) is 1. The molecule has 0 aliphatic heterocycles. The average Bonchev–Trinajstić information content (AvgIpc) is 3.02. The molecule has 5 nitrogen and oxygen atoms in total. The number of alkyl halides is 3. The number of halogens is 4. The van der Waals surface area contributed by atoms with Gasteiger partial charge in [-0.15, -0.1) is 0 Å². The van der Waals surface area contributed by atoms with Gasteiger partial charge in [0.25, 0.3) is 0 Å². The summed E-state index contributed by atoms with van der Waals surface area (Å²) in [5.41, 5.74) is 8.49. The zero-order chi connectivity index (χ0) is 32.6. The third-order valence-electron chi connectivity index (χ3n) is 7.96. The van der Waals surface area contributed by atoms with Gasteiger partial charge >= 0.3 is 6.18 Å². The molecule has 0 radical (unpaired) electrons. The molecule has 0 aromatic heterocycles.